The molecule has 1 aromatic carbocycles. The van der Waals surface area contributed by atoms with Crippen LogP contribution >= 0.6 is 0 Å². The molecule has 0 aliphatic carbocycles. The summed E-state index contributed by atoms with van der Waals surface area (Å²) in [6.45, 7) is 2.95. The van der Waals surface area contributed by atoms with Gasteiger partial charge in [0.05, 0.1) is 10.8 Å². The Hall–Kier alpha value is -1.61. The van der Waals surface area contributed by atoms with E-state index in [0.29, 0.717) is 25.4 Å². The van der Waals surface area contributed by atoms with E-state index in [-0.39, 0.29) is 30.0 Å². The van der Waals surface area contributed by atoms with Crippen LogP contribution in [0, 0.1) is 11.8 Å². The van der Waals surface area contributed by atoms with Gasteiger partial charge in [-0.3, -0.25) is 4.79 Å². The Balaban J connectivity index is 1.71. The fraction of sp³-hybridized carbons (Fsp3) is 0.632. The SMILES string of the molecule is CC1CCN(S(=O)(=O)c2ccc(C(=O)N3CCC[C@H](C(F)(F)F)C3)cc2)CC1. The molecule has 1 aromatic rings. The monoisotopic (exact) mass is 418 g/mol. The number of hydrogen-bond acceptors (Lipinski definition) is 3. The summed E-state index contributed by atoms with van der Waals surface area (Å²) in [5.41, 5.74) is 0.203. The molecule has 0 aromatic heterocycles. The number of piperidine rings is 2. The average Bonchev–Trinajstić information content (AvgIpc) is 2.67. The lowest BCUT2D eigenvalue weighted by molar-refractivity contribution is -0.184. The van der Waals surface area contributed by atoms with Crippen molar-refractivity contribution in [3.8, 4) is 0 Å². The number of likely N-dealkylation sites (tertiary alicyclic amines) is 1. The number of carbonyl (C=O) groups is 1. The minimum Gasteiger partial charge on any atom is -0.338 e. The summed E-state index contributed by atoms with van der Waals surface area (Å²) >= 11 is 0. The lowest BCUT2D eigenvalue weighted by Gasteiger charge is -2.33. The molecule has 1 atom stereocenters. The van der Waals surface area contributed by atoms with E-state index < -0.39 is 28.0 Å². The van der Waals surface area contributed by atoms with Crippen LogP contribution in [0.3, 0.4) is 0 Å². The molecule has 9 heteroatoms. The van der Waals surface area contributed by atoms with Crippen LogP contribution in [0.2, 0.25) is 0 Å². The van der Waals surface area contributed by atoms with Gasteiger partial charge in [-0.15, -0.1) is 0 Å². The van der Waals surface area contributed by atoms with Crippen LogP contribution in [-0.2, 0) is 10.0 Å². The quantitative estimate of drug-likeness (QED) is 0.755. The summed E-state index contributed by atoms with van der Waals surface area (Å²) < 4.78 is 65.8. The zero-order valence-electron chi connectivity index (χ0n) is 15.8. The van der Waals surface area contributed by atoms with Crippen molar-refractivity contribution in [3.05, 3.63) is 29.8 Å². The van der Waals surface area contributed by atoms with Crippen LogP contribution < -0.4 is 0 Å². The molecule has 0 spiro atoms. The van der Waals surface area contributed by atoms with E-state index in [0.717, 1.165) is 12.8 Å². The molecule has 5 nitrogen and oxygen atoms in total. The normalized spacial score (nSPS) is 23.0. The molecule has 28 heavy (non-hydrogen) atoms. The first-order valence-electron chi connectivity index (χ1n) is 9.55. The van der Waals surface area contributed by atoms with Gasteiger partial charge in [0, 0.05) is 31.7 Å². The molecule has 0 bridgehead atoms. The minimum atomic E-state index is -4.32. The third-order valence-electron chi connectivity index (χ3n) is 5.65. The molecule has 0 N–H and O–H groups in total. The van der Waals surface area contributed by atoms with Gasteiger partial charge < -0.3 is 4.90 Å². The van der Waals surface area contributed by atoms with Gasteiger partial charge in [0.15, 0.2) is 0 Å². The van der Waals surface area contributed by atoms with Gasteiger partial charge >= 0.3 is 6.18 Å². The lowest BCUT2D eigenvalue weighted by atomic mass is 9.97. The number of halogens is 3. The van der Waals surface area contributed by atoms with Crippen molar-refractivity contribution < 1.29 is 26.4 Å². The molecule has 2 heterocycles. The second kappa shape index (κ2) is 8.02. The third-order valence-corrected chi connectivity index (χ3v) is 7.57. The molecule has 156 valence electrons. The molecule has 0 radical (unpaired) electrons. The second-order valence-corrected chi connectivity index (χ2v) is 9.68. The van der Waals surface area contributed by atoms with E-state index in [4.69, 9.17) is 0 Å². The summed E-state index contributed by atoms with van der Waals surface area (Å²) in [7, 11) is -3.62. The van der Waals surface area contributed by atoms with E-state index in [1.807, 2.05) is 0 Å². The predicted octanol–water partition coefficient (Wildman–Crippen LogP) is 3.52. The zero-order chi connectivity index (χ0) is 20.5. The number of sulfonamides is 1. The summed E-state index contributed by atoms with van der Waals surface area (Å²) in [4.78, 5) is 13.9. The van der Waals surface area contributed by atoms with Gasteiger partial charge in [-0.05, 0) is 55.9 Å². The zero-order valence-corrected chi connectivity index (χ0v) is 16.6. The van der Waals surface area contributed by atoms with Crippen LogP contribution in [-0.4, -0.2) is 55.9 Å². The first-order valence-corrected chi connectivity index (χ1v) is 11.0. The van der Waals surface area contributed by atoms with Crippen LogP contribution in [0.4, 0.5) is 13.2 Å². The molecular formula is C19H25F3N2O3S. The van der Waals surface area contributed by atoms with Crippen molar-refractivity contribution in [3.63, 3.8) is 0 Å². The van der Waals surface area contributed by atoms with Crippen molar-refractivity contribution in [2.75, 3.05) is 26.2 Å². The summed E-state index contributed by atoms with van der Waals surface area (Å²) in [6.07, 6.45) is -2.37. The maximum Gasteiger partial charge on any atom is 0.393 e. The van der Waals surface area contributed by atoms with Crippen LogP contribution in [0.25, 0.3) is 0 Å². The van der Waals surface area contributed by atoms with E-state index >= 15 is 0 Å². The van der Waals surface area contributed by atoms with Gasteiger partial charge in [0.2, 0.25) is 10.0 Å². The number of hydrogen-bond donors (Lipinski definition) is 0. The average molecular weight is 418 g/mol. The molecular weight excluding hydrogens is 393 g/mol. The highest BCUT2D eigenvalue weighted by Gasteiger charge is 2.42. The molecule has 2 aliphatic rings. The van der Waals surface area contributed by atoms with Gasteiger partial charge in [0.1, 0.15) is 0 Å². The largest absolute Gasteiger partial charge is 0.393 e. The topological polar surface area (TPSA) is 57.7 Å². The Morgan fingerprint density at radius 1 is 1.04 bits per heavy atom. The van der Waals surface area contributed by atoms with E-state index in [1.165, 1.54) is 33.5 Å². The fourth-order valence-corrected chi connectivity index (χ4v) is 5.22. The molecule has 0 saturated carbocycles. The first-order chi connectivity index (χ1) is 13.1. The van der Waals surface area contributed by atoms with E-state index in [9.17, 15) is 26.4 Å². The summed E-state index contributed by atoms with van der Waals surface area (Å²) in [5.74, 6) is -1.51. The number of nitrogens with zero attached hydrogens (tertiary/aromatic N) is 2. The Kier molecular flexibility index (Phi) is 6.05. The van der Waals surface area contributed by atoms with Crippen LogP contribution in [0.1, 0.15) is 43.0 Å². The van der Waals surface area contributed by atoms with Gasteiger partial charge in [-0.1, -0.05) is 6.92 Å². The van der Waals surface area contributed by atoms with Crippen LogP contribution in [0.15, 0.2) is 29.2 Å². The van der Waals surface area contributed by atoms with Crippen LogP contribution in [0.5, 0.6) is 0 Å². The molecule has 1 amide bonds. The summed E-state index contributed by atoms with van der Waals surface area (Å²) in [6, 6.07) is 5.51. The highest BCUT2D eigenvalue weighted by molar-refractivity contribution is 7.89. The fourth-order valence-electron chi connectivity index (χ4n) is 3.76. The molecule has 2 fully saturated rings. The minimum absolute atomic E-state index is 0.0267. The first kappa shape index (κ1) is 21.1. The highest BCUT2D eigenvalue weighted by Crippen LogP contribution is 2.33. The number of alkyl halides is 3. The van der Waals surface area contributed by atoms with Crippen molar-refractivity contribution in [2.24, 2.45) is 11.8 Å². The standard InChI is InChI=1S/C19H25F3N2O3S/c1-14-8-11-24(12-9-14)28(26,27)17-6-4-15(5-7-17)18(25)23-10-2-3-16(13-23)19(20,21)22/h4-7,14,16H,2-3,8-13H2,1H3/t16-/m0/s1. The Morgan fingerprint density at radius 3 is 2.21 bits per heavy atom. The Labute approximate surface area is 163 Å². The predicted molar refractivity (Wildman–Crippen MR) is 98.3 cm³/mol. The lowest BCUT2D eigenvalue weighted by Crippen LogP contribution is -2.44. The maximum atomic E-state index is 13.0. The maximum absolute atomic E-state index is 13.0. The number of carbonyl (C=O) groups excluding carboxylic acids is 1. The highest BCUT2D eigenvalue weighted by atomic mass is 32.2. The molecule has 3 rings (SSSR count). The van der Waals surface area contributed by atoms with Crippen molar-refractivity contribution >= 4 is 15.9 Å². The number of rotatable bonds is 3. The van der Waals surface area contributed by atoms with Crippen molar-refractivity contribution in [1.82, 2.24) is 9.21 Å². The third kappa shape index (κ3) is 4.51. The molecule has 2 aliphatic heterocycles. The Bertz CT molecular complexity index is 801. The van der Waals surface area contributed by atoms with Gasteiger partial charge in [-0.2, -0.15) is 17.5 Å². The molecule has 0 unspecified atom stereocenters. The number of amides is 1. The Morgan fingerprint density at radius 2 is 1.64 bits per heavy atom. The van der Waals surface area contributed by atoms with Crippen molar-refractivity contribution in [1.29, 1.82) is 0 Å². The molecule has 2 saturated heterocycles. The van der Waals surface area contributed by atoms with Crippen molar-refractivity contribution in [2.45, 2.75) is 43.7 Å². The van der Waals surface area contributed by atoms with E-state index in [2.05, 4.69) is 6.92 Å². The second-order valence-electron chi connectivity index (χ2n) is 7.74. The van der Waals surface area contributed by atoms with Gasteiger partial charge in [-0.25, -0.2) is 8.42 Å². The summed E-state index contributed by atoms with van der Waals surface area (Å²) in [5, 5.41) is 0. The smallest absolute Gasteiger partial charge is 0.338 e. The van der Waals surface area contributed by atoms with E-state index in [1.54, 1.807) is 0 Å². The number of benzene rings is 1. The van der Waals surface area contributed by atoms with Gasteiger partial charge in [0.25, 0.3) is 5.91 Å².